The number of ether oxygens (including phenoxy) is 2. The second kappa shape index (κ2) is 6.60. The third-order valence-electron chi connectivity index (χ3n) is 4.86. The maximum atomic E-state index is 12.9. The largest absolute Gasteiger partial charge is 0.463 e. The molecule has 7 nitrogen and oxygen atoms in total. The summed E-state index contributed by atoms with van der Waals surface area (Å²) in [6.45, 7) is 3.91. The lowest BCUT2D eigenvalue weighted by Gasteiger charge is -2.17. The van der Waals surface area contributed by atoms with E-state index in [0.717, 1.165) is 16.0 Å². The highest BCUT2D eigenvalue weighted by Crippen LogP contribution is 2.32. The summed E-state index contributed by atoms with van der Waals surface area (Å²) in [6.07, 6.45) is -0.641. The molecule has 7 heteroatoms. The molecular weight excluding hydrogens is 362 g/mol. The van der Waals surface area contributed by atoms with Crippen LogP contribution < -0.4 is 4.90 Å². The van der Waals surface area contributed by atoms with Gasteiger partial charge in [0.25, 0.3) is 11.8 Å². The van der Waals surface area contributed by atoms with Gasteiger partial charge in [-0.1, -0.05) is 12.1 Å². The van der Waals surface area contributed by atoms with Crippen molar-refractivity contribution in [1.82, 2.24) is 0 Å². The second-order valence-electron chi connectivity index (χ2n) is 6.85. The van der Waals surface area contributed by atoms with Crippen molar-refractivity contribution in [2.75, 3.05) is 11.5 Å². The number of cyclic esters (lactones) is 1. The molecule has 0 saturated carbocycles. The van der Waals surface area contributed by atoms with Crippen molar-refractivity contribution >= 4 is 29.4 Å². The van der Waals surface area contributed by atoms with Gasteiger partial charge >= 0.3 is 11.9 Å². The number of fused-ring (bicyclic) bond motifs is 1. The number of benzene rings is 2. The van der Waals surface area contributed by atoms with Gasteiger partial charge in [0.2, 0.25) is 6.10 Å². The van der Waals surface area contributed by atoms with Gasteiger partial charge in [-0.25, -0.2) is 14.5 Å². The molecule has 0 radical (unpaired) electrons. The summed E-state index contributed by atoms with van der Waals surface area (Å²) < 4.78 is 9.92. The Morgan fingerprint density at radius 3 is 2.50 bits per heavy atom. The van der Waals surface area contributed by atoms with E-state index in [4.69, 9.17) is 9.47 Å². The minimum Gasteiger partial charge on any atom is -0.463 e. The van der Waals surface area contributed by atoms with Crippen LogP contribution in [0.1, 0.15) is 48.6 Å². The highest BCUT2D eigenvalue weighted by Gasteiger charge is 2.38. The summed E-state index contributed by atoms with van der Waals surface area (Å²) in [6, 6.07) is 9.71. The number of hydrogen-bond donors (Lipinski definition) is 0. The molecule has 2 aliphatic heterocycles. The van der Waals surface area contributed by atoms with Crippen LogP contribution in [0.15, 0.2) is 36.4 Å². The van der Waals surface area contributed by atoms with Crippen molar-refractivity contribution in [3.8, 4) is 0 Å². The Bertz CT molecular complexity index is 1040. The lowest BCUT2D eigenvalue weighted by molar-refractivity contribution is -0.145. The molecule has 2 aromatic carbocycles. The third kappa shape index (κ3) is 2.85. The lowest BCUT2D eigenvalue weighted by Crippen LogP contribution is -2.30. The van der Waals surface area contributed by atoms with Gasteiger partial charge in [-0.15, -0.1) is 0 Å². The highest BCUT2D eigenvalue weighted by molar-refractivity contribution is 6.35. The van der Waals surface area contributed by atoms with Crippen LogP contribution in [0.3, 0.4) is 0 Å². The zero-order valence-electron chi connectivity index (χ0n) is 15.4. The first-order valence-electron chi connectivity index (χ1n) is 8.84. The number of carbonyl (C=O) groups is 4. The predicted octanol–water partition coefficient (Wildman–Crippen LogP) is 2.58. The third-order valence-corrected chi connectivity index (χ3v) is 4.86. The van der Waals surface area contributed by atoms with Crippen LogP contribution in [0, 0.1) is 13.8 Å². The number of hydrogen-bond acceptors (Lipinski definition) is 6. The Hall–Kier alpha value is -3.48. The first-order valence-corrected chi connectivity index (χ1v) is 8.84. The van der Waals surface area contributed by atoms with E-state index in [-0.39, 0.29) is 23.3 Å². The monoisotopic (exact) mass is 379 g/mol. The number of esters is 2. The van der Waals surface area contributed by atoms with E-state index in [1.807, 2.05) is 26.0 Å². The molecule has 0 aliphatic carbocycles. The molecule has 0 aromatic heterocycles. The summed E-state index contributed by atoms with van der Waals surface area (Å²) in [4.78, 5) is 50.7. The molecule has 0 spiro atoms. The van der Waals surface area contributed by atoms with Gasteiger partial charge < -0.3 is 9.47 Å². The van der Waals surface area contributed by atoms with Crippen molar-refractivity contribution < 1.29 is 28.7 Å². The number of carbonyl (C=O) groups excluding carboxylic acids is 4. The normalized spacial score (nSPS) is 18.3. The van der Waals surface area contributed by atoms with Gasteiger partial charge in [-0.2, -0.15) is 0 Å². The molecule has 28 heavy (non-hydrogen) atoms. The van der Waals surface area contributed by atoms with Crippen molar-refractivity contribution in [3.05, 3.63) is 64.2 Å². The number of rotatable bonds is 3. The predicted molar refractivity (Wildman–Crippen MR) is 98.3 cm³/mol. The molecule has 2 heterocycles. The molecule has 2 aliphatic rings. The fraction of sp³-hybridized carbons (Fsp3) is 0.238. The average Bonchev–Trinajstić information content (AvgIpc) is 3.18. The van der Waals surface area contributed by atoms with Gasteiger partial charge in [0, 0.05) is 6.42 Å². The molecule has 1 atom stereocenters. The quantitative estimate of drug-likeness (QED) is 0.601. The minimum atomic E-state index is -0.940. The zero-order chi connectivity index (χ0) is 20.0. The summed E-state index contributed by atoms with van der Waals surface area (Å²) >= 11 is 0. The van der Waals surface area contributed by atoms with E-state index >= 15 is 0 Å². The van der Waals surface area contributed by atoms with Crippen molar-refractivity contribution in [2.24, 2.45) is 0 Å². The zero-order valence-corrected chi connectivity index (χ0v) is 15.4. The maximum Gasteiger partial charge on any atom is 0.347 e. The molecule has 2 amide bonds. The van der Waals surface area contributed by atoms with Crippen LogP contribution in [0.25, 0.3) is 0 Å². The van der Waals surface area contributed by atoms with Crippen molar-refractivity contribution in [2.45, 2.75) is 26.4 Å². The number of amides is 2. The van der Waals surface area contributed by atoms with Crippen LogP contribution in [0.5, 0.6) is 0 Å². The van der Waals surface area contributed by atoms with Crippen LogP contribution in [-0.4, -0.2) is 36.5 Å². The minimum absolute atomic E-state index is 0.0995. The Morgan fingerprint density at radius 1 is 1.04 bits per heavy atom. The summed E-state index contributed by atoms with van der Waals surface area (Å²) in [5, 5.41) is 0. The molecule has 0 unspecified atom stereocenters. The molecule has 2 aromatic rings. The molecule has 1 fully saturated rings. The van der Waals surface area contributed by atoms with E-state index < -0.39 is 29.9 Å². The Labute approximate surface area is 160 Å². The summed E-state index contributed by atoms with van der Waals surface area (Å²) in [7, 11) is 0. The fourth-order valence-electron chi connectivity index (χ4n) is 3.33. The fourth-order valence-corrected chi connectivity index (χ4v) is 3.33. The first kappa shape index (κ1) is 17.9. The van der Waals surface area contributed by atoms with Gasteiger partial charge in [-0.05, 0) is 49.2 Å². The molecule has 1 saturated heterocycles. The molecule has 4 rings (SSSR count). The molecule has 142 valence electrons. The summed E-state index contributed by atoms with van der Waals surface area (Å²) in [5.74, 6) is -2.25. The Morgan fingerprint density at radius 2 is 1.79 bits per heavy atom. The van der Waals surface area contributed by atoms with E-state index in [0.29, 0.717) is 12.1 Å². The van der Waals surface area contributed by atoms with Gasteiger partial charge in [0.1, 0.15) is 0 Å². The topological polar surface area (TPSA) is 90.0 Å². The number of anilines is 1. The lowest BCUT2D eigenvalue weighted by atomic mass is 10.1. The number of aryl methyl sites for hydroxylation is 2. The Balaban J connectivity index is 1.65. The van der Waals surface area contributed by atoms with E-state index in [1.165, 1.54) is 18.2 Å². The summed E-state index contributed by atoms with van der Waals surface area (Å²) in [5.41, 5.74) is 2.69. The van der Waals surface area contributed by atoms with Crippen LogP contribution in [-0.2, 0) is 14.3 Å². The van der Waals surface area contributed by atoms with Crippen LogP contribution in [0.2, 0.25) is 0 Å². The number of imide groups is 1. The SMILES string of the molecule is Cc1ccc(C)c(N2C(=O)c3ccc(C(=O)O[C@@H]4CCOC4=O)cc3C2=O)c1. The highest BCUT2D eigenvalue weighted by atomic mass is 16.6. The van der Waals surface area contributed by atoms with Crippen LogP contribution >= 0.6 is 0 Å². The van der Waals surface area contributed by atoms with E-state index in [2.05, 4.69) is 0 Å². The smallest absolute Gasteiger partial charge is 0.347 e. The Kier molecular flexibility index (Phi) is 4.22. The second-order valence-corrected chi connectivity index (χ2v) is 6.85. The molecule has 0 bridgehead atoms. The van der Waals surface area contributed by atoms with Crippen molar-refractivity contribution in [1.29, 1.82) is 0 Å². The molecular formula is C21H17NO6. The van der Waals surface area contributed by atoms with E-state index in [1.54, 1.807) is 6.07 Å². The first-order chi connectivity index (χ1) is 13.4. The average molecular weight is 379 g/mol. The molecule has 0 N–H and O–H groups in total. The van der Waals surface area contributed by atoms with E-state index in [9.17, 15) is 19.2 Å². The van der Waals surface area contributed by atoms with Gasteiger partial charge in [-0.3, -0.25) is 9.59 Å². The van der Waals surface area contributed by atoms with Gasteiger partial charge in [0.05, 0.1) is 29.0 Å². The number of nitrogens with zero attached hydrogens (tertiary/aromatic N) is 1. The van der Waals surface area contributed by atoms with Gasteiger partial charge in [0.15, 0.2) is 0 Å². The standard InChI is InChI=1S/C21H17NO6/c1-11-3-4-12(2)16(9-11)22-18(23)14-6-5-13(10-15(14)19(22)24)20(25)28-17-7-8-27-21(17)26/h3-6,9-10,17H,7-8H2,1-2H3/t17-/m1/s1. The van der Waals surface area contributed by atoms with Crippen molar-refractivity contribution in [3.63, 3.8) is 0 Å². The van der Waals surface area contributed by atoms with Crippen LogP contribution in [0.4, 0.5) is 5.69 Å². The maximum absolute atomic E-state index is 12.9.